The molecule has 3 heterocycles. The van der Waals surface area contributed by atoms with Gasteiger partial charge in [-0.15, -0.1) is 0 Å². The fourth-order valence-corrected chi connectivity index (χ4v) is 3.35. The van der Waals surface area contributed by atoms with Crippen molar-refractivity contribution in [1.29, 1.82) is 0 Å². The van der Waals surface area contributed by atoms with E-state index >= 15 is 0 Å². The number of carbonyl (C=O) groups is 1. The number of furan rings is 1. The lowest BCUT2D eigenvalue weighted by molar-refractivity contribution is 0.0746. The molecule has 0 spiro atoms. The first-order valence-corrected chi connectivity index (χ1v) is 8.55. The average Bonchev–Trinajstić information content (AvgIpc) is 3.09. The zero-order valence-corrected chi connectivity index (χ0v) is 14.4. The van der Waals surface area contributed by atoms with E-state index in [4.69, 9.17) is 4.42 Å². The van der Waals surface area contributed by atoms with E-state index in [1.54, 1.807) is 6.92 Å². The number of aliphatic hydroxyl groups is 1. The van der Waals surface area contributed by atoms with E-state index in [9.17, 15) is 9.90 Å². The van der Waals surface area contributed by atoms with Crippen LogP contribution in [-0.2, 0) is 13.1 Å². The third kappa shape index (κ3) is 2.93. The Kier molecular flexibility index (Phi) is 3.84. The van der Waals surface area contributed by atoms with Crippen LogP contribution in [0.4, 0.5) is 0 Å². The predicted molar refractivity (Wildman–Crippen MR) is 93.2 cm³/mol. The monoisotopic (exact) mass is 339 g/mol. The predicted octanol–water partition coefficient (Wildman–Crippen LogP) is 3.04. The number of rotatable bonds is 2. The van der Waals surface area contributed by atoms with E-state index in [0.29, 0.717) is 24.3 Å². The maximum atomic E-state index is 13.0. The van der Waals surface area contributed by atoms with Gasteiger partial charge in [0.2, 0.25) is 0 Å². The summed E-state index contributed by atoms with van der Waals surface area (Å²) in [7, 11) is 0. The second kappa shape index (κ2) is 6.04. The Bertz CT molecular complexity index is 939. The van der Waals surface area contributed by atoms with Crippen molar-refractivity contribution in [3.05, 3.63) is 53.0 Å². The summed E-state index contributed by atoms with van der Waals surface area (Å²) >= 11 is 0. The standard InChI is InChI=1S/C19H21N3O3/c1-12-8-15-9-14(4-5-18(15)25-12)19(24)21-6-3-7-22-16(11-21)10-17(20-22)13(2)23/h4-5,8-10,13,23H,3,6-7,11H2,1-2H3. The molecule has 0 radical (unpaired) electrons. The normalized spacial score (nSPS) is 15.9. The number of aliphatic hydroxyl groups excluding tert-OH is 1. The molecule has 1 amide bonds. The quantitative estimate of drug-likeness (QED) is 0.779. The lowest BCUT2D eigenvalue weighted by Crippen LogP contribution is -2.30. The molecule has 25 heavy (non-hydrogen) atoms. The van der Waals surface area contributed by atoms with Gasteiger partial charge in [0.15, 0.2) is 0 Å². The minimum atomic E-state index is -0.602. The molecular formula is C19H21N3O3. The molecule has 130 valence electrons. The van der Waals surface area contributed by atoms with Crippen LogP contribution in [0.1, 0.15) is 47.0 Å². The molecule has 6 heteroatoms. The van der Waals surface area contributed by atoms with Gasteiger partial charge in [-0.3, -0.25) is 9.48 Å². The first kappa shape index (κ1) is 15.9. The zero-order valence-electron chi connectivity index (χ0n) is 14.4. The van der Waals surface area contributed by atoms with Crippen molar-refractivity contribution < 1.29 is 14.3 Å². The fourth-order valence-electron chi connectivity index (χ4n) is 3.35. The Hall–Kier alpha value is -2.60. The van der Waals surface area contributed by atoms with E-state index in [-0.39, 0.29) is 5.91 Å². The summed E-state index contributed by atoms with van der Waals surface area (Å²) in [5.41, 5.74) is 3.07. The van der Waals surface area contributed by atoms with Crippen LogP contribution < -0.4 is 0 Å². The fraction of sp³-hybridized carbons (Fsp3) is 0.368. The average molecular weight is 339 g/mol. The van der Waals surface area contributed by atoms with Crippen LogP contribution in [0, 0.1) is 6.92 Å². The van der Waals surface area contributed by atoms with Crippen molar-refractivity contribution in [2.24, 2.45) is 0 Å². The van der Waals surface area contributed by atoms with Gasteiger partial charge in [0.05, 0.1) is 24.0 Å². The van der Waals surface area contributed by atoms with Gasteiger partial charge >= 0.3 is 0 Å². The van der Waals surface area contributed by atoms with Crippen LogP contribution in [0.2, 0.25) is 0 Å². The number of amides is 1. The second-order valence-corrected chi connectivity index (χ2v) is 6.65. The minimum absolute atomic E-state index is 0.00833. The summed E-state index contributed by atoms with van der Waals surface area (Å²) in [5.74, 6) is 0.845. The molecule has 0 bridgehead atoms. The molecular weight excluding hydrogens is 318 g/mol. The molecule has 0 saturated heterocycles. The molecule has 2 aromatic heterocycles. The Morgan fingerprint density at radius 2 is 2.12 bits per heavy atom. The maximum Gasteiger partial charge on any atom is 0.254 e. The second-order valence-electron chi connectivity index (χ2n) is 6.65. The molecule has 4 rings (SSSR count). The van der Waals surface area contributed by atoms with Crippen LogP contribution in [0.25, 0.3) is 11.0 Å². The van der Waals surface area contributed by atoms with Crippen LogP contribution in [0.3, 0.4) is 0 Å². The van der Waals surface area contributed by atoms with Gasteiger partial charge in [0.25, 0.3) is 5.91 Å². The highest BCUT2D eigenvalue weighted by atomic mass is 16.3. The van der Waals surface area contributed by atoms with Crippen molar-refractivity contribution in [1.82, 2.24) is 14.7 Å². The third-order valence-electron chi connectivity index (χ3n) is 4.63. The number of nitrogens with zero attached hydrogens (tertiary/aromatic N) is 3. The molecule has 1 unspecified atom stereocenters. The van der Waals surface area contributed by atoms with Crippen molar-refractivity contribution in [2.75, 3.05) is 6.54 Å². The van der Waals surface area contributed by atoms with Gasteiger partial charge in [0.1, 0.15) is 11.3 Å². The first-order chi connectivity index (χ1) is 12.0. The summed E-state index contributed by atoms with van der Waals surface area (Å²) in [6.45, 7) is 5.55. The first-order valence-electron chi connectivity index (χ1n) is 8.55. The van der Waals surface area contributed by atoms with Crippen molar-refractivity contribution in [3.63, 3.8) is 0 Å². The van der Waals surface area contributed by atoms with Crippen molar-refractivity contribution >= 4 is 16.9 Å². The minimum Gasteiger partial charge on any atom is -0.461 e. The highest BCUT2D eigenvalue weighted by Crippen LogP contribution is 2.23. The third-order valence-corrected chi connectivity index (χ3v) is 4.63. The van der Waals surface area contributed by atoms with E-state index in [1.807, 2.05) is 46.8 Å². The van der Waals surface area contributed by atoms with Crippen LogP contribution >= 0.6 is 0 Å². The summed E-state index contributed by atoms with van der Waals surface area (Å²) in [4.78, 5) is 14.8. The molecule has 1 N–H and O–H groups in total. The van der Waals surface area contributed by atoms with Gasteiger partial charge in [-0.25, -0.2) is 0 Å². The molecule has 1 aliphatic rings. The van der Waals surface area contributed by atoms with Gasteiger partial charge in [-0.1, -0.05) is 0 Å². The van der Waals surface area contributed by atoms with Gasteiger partial charge in [-0.05, 0) is 50.6 Å². The van der Waals surface area contributed by atoms with Gasteiger partial charge in [0, 0.05) is 24.0 Å². The SMILES string of the molecule is Cc1cc2cc(C(=O)N3CCCn4nc(C(C)O)cc4C3)ccc2o1. The summed E-state index contributed by atoms with van der Waals surface area (Å²) in [6.07, 6.45) is 0.238. The number of benzene rings is 1. The van der Waals surface area contributed by atoms with Crippen LogP contribution in [0.15, 0.2) is 34.7 Å². The summed E-state index contributed by atoms with van der Waals surface area (Å²) < 4.78 is 7.48. The van der Waals surface area contributed by atoms with Crippen molar-refractivity contribution in [3.8, 4) is 0 Å². The Morgan fingerprint density at radius 1 is 1.28 bits per heavy atom. The molecule has 1 aromatic carbocycles. The van der Waals surface area contributed by atoms with E-state index in [2.05, 4.69) is 5.10 Å². The zero-order chi connectivity index (χ0) is 17.6. The highest BCUT2D eigenvalue weighted by molar-refractivity contribution is 5.97. The topological polar surface area (TPSA) is 71.5 Å². The molecule has 0 aliphatic carbocycles. The van der Waals surface area contributed by atoms with E-state index < -0.39 is 6.10 Å². The molecule has 3 aromatic rings. The highest BCUT2D eigenvalue weighted by Gasteiger charge is 2.23. The number of aryl methyl sites for hydroxylation is 2. The Morgan fingerprint density at radius 3 is 2.92 bits per heavy atom. The smallest absolute Gasteiger partial charge is 0.254 e. The Labute approximate surface area is 145 Å². The van der Waals surface area contributed by atoms with Gasteiger partial charge in [-0.2, -0.15) is 5.10 Å². The molecule has 1 atom stereocenters. The number of fused-ring (bicyclic) bond motifs is 2. The van der Waals surface area contributed by atoms with E-state index in [1.165, 1.54) is 0 Å². The largest absolute Gasteiger partial charge is 0.461 e. The Balaban J connectivity index is 1.61. The van der Waals surface area contributed by atoms with E-state index in [0.717, 1.165) is 35.4 Å². The number of carbonyl (C=O) groups excluding carboxylic acids is 1. The molecule has 1 aliphatic heterocycles. The number of hydrogen-bond acceptors (Lipinski definition) is 4. The maximum absolute atomic E-state index is 13.0. The van der Waals surface area contributed by atoms with Crippen molar-refractivity contribution in [2.45, 2.75) is 39.5 Å². The number of hydrogen-bond donors (Lipinski definition) is 1. The molecule has 6 nitrogen and oxygen atoms in total. The summed E-state index contributed by atoms with van der Waals surface area (Å²) in [6, 6.07) is 9.38. The van der Waals surface area contributed by atoms with Crippen LogP contribution in [-0.4, -0.2) is 32.2 Å². The lowest BCUT2D eigenvalue weighted by atomic mass is 10.1. The van der Waals surface area contributed by atoms with Gasteiger partial charge < -0.3 is 14.4 Å². The lowest BCUT2D eigenvalue weighted by Gasteiger charge is -2.20. The molecule has 0 saturated carbocycles. The molecule has 0 fully saturated rings. The van der Waals surface area contributed by atoms with Crippen LogP contribution in [0.5, 0.6) is 0 Å². The summed E-state index contributed by atoms with van der Waals surface area (Å²) in [5, 5.41) is 15.1. The number of aromatic nitrogens is 2.